The average molecular weight is 472 g/mol. The van der Waals surface area contributed by atoms with Crippen molar-refractivity contribution in [2.24, 2.45) is 0 Å². The Morgan fingerprint density at radius 2 is 1.77 bits per heavy atom. The molecule has 1 fully saturated rings. The van der Waals surface area contributed by atoms with Crippen molar-refractivity contribution in [1.82, 2.24) is 9.55 Å². The molecule has 1 aliphatic heterocycles. The lowest BCUT2D eigenvalue weighted by molar-refractivity contribution is -0.117. The molecule has 0 N–H and O–H groups in total. The van der Waals surface area contributed by atoms with Gasteiger partial charge in [-0.15, -0.1) is 0 Å². The van der Waals surface area contributed by atoms with Gasteiger partial charge in [-0.25, -0.2) is 9.37 Å². The molecule has 0 bridgehead atoms. The minimum atomic E-state index is -0.376. The number of amides is 1. The van der Waals surface area contributed by atoms with E-state index < -0.39 is 0 Å². The van der Waals surface area contributed by atoms with Crippen molar-refractivity contribution in [2.75, 3.05) is 18.1 Å². The first-order valence-corrected chi connectivity index (χ1v) is 12.4. The number of halogens is 1. The number of aryl methyl sites for hydroxylation is 2. The van der Waals surface area contributed by atoms with Crippen LogP contribution in [0.15, 0.2) is 72.8 Å². The van der Waals surface area contributed by atoms with Crippen LogP contribution in [0.1, 0.15) is 43.5 Å². The molecule has 0 spiro atoms. The number of benzene rings is 3. The van der Waals surface area contributed by atoms with Crippen molar-refractivity contribution in [2.45, 2.75) is 45.1 Å². The molecule has 2 heterocycles. The number of unbranched alkanes of at least 4 members (excludes halogenated alkanes) is 1. The van der Waals surface area contributed by atoms with E-state index in [1.807, 2.05) is 30.3 Å². The van der Waals surface area contributed by atoms with Crippen LogP contribution in [0.2, 0.25) is 0 Å². The highest BCUT2D eigenvalue weighted by atomic mass is 19.1. The van der Waals surface area contributed by atoms with Crippen molar-refractivity contribution in [3.63, 3.8) is 0 Å². The number of ether oxygens (including phenoxy) is 1. The quantitative estimate of drug-likeness (QED) is 0.276. The van der Waals surface area contributed by atoms with E-state index >= 15 is 0 Å². The van der Waals surface area contributed by atoms with Crippen molar-refractivity contribution in [3.8, 4) is 5.75 Å². The topological polar surface area (TPSA) is 47.4 Å². The minimum absolute atomic E-state index is 0.0683. The predicted octanol–water partition coefficient (Wildman–Crippen LogP) is 6.12. The predicted molar refractivity (Wildman–Crippen MR) is 136 cm³/mol. The van der Waals surface area contributed by atoms with Crippen molar-refractivity contribution < 1.29 is 13.9 Å². The lowest BCUT2D eigenvalue weighted by Gasteiger charge is -2.18. The van der Waals surface area contributed by atoms with E-state index in [-0.39, 0.29) is 17.6 Å². The largest absolute Gasteiger partial charge is 0.494 e. The Morgan fingerprint density at radius 3 is 2.57 bits per heavy atom. The smallest absolute Gasteiger partial charge is 0.227 e. The van der Waals surface area contributed by atoms with Gasteiger partial charge in [0.2, 0.25) is 5.91 Å². The average Bonchev–Trinajstić information content (AvgIpc) is 3.45. The molecule has 1 unspecified atom stereocenters. The molecule has 0 radical (unpaired) electrons. The van der Waals surface area contributed by atoms with E-state index in [9.17, 15) is 9.18 Å². The second-order valence-electron chi connectivity index (χ2n) is 9.02. The Bertz CT molecular complexity index is 1320. The van der Waals surface area contributed by atoms with Gasteiger partial charge in [0.25, 0.3) is 0 Å². The first kappa shape index (κ1) is 23.1. The third kappa shape index (κ3) is 4.92. The molecule has 6 heteroatoms. The van der Waals surface area contributed by atoms with E-state index in [1.165, 1.54) is 11.6 Å². The van der Waals surface area contributed by atoms with Gasteiger partial charge in [-0.05, 0) is 61.2 Å². The maximum Gasteiger partial charge on any atom is 0.227 e. The second-order valence-corrected chi connectivity index (χ2v) is 9.02. The number of hydrogen-bond acceptors (Lipinski definition) is 3. The van der Waals surface area contributed by atoms with Gasteiger partial charge in [0.1, 0.15) is 17.4 Å². The monoisotopic (exact) mass is 471 g/mol. The number of rotatable bonds is 9. The number of imidazole rings is 1. The van der Waals surface area contributed by atoms with Gasteiger partial charge in [-0.2, -0.15) is 0 Å². The van der Waals surface area contributed by atoms with E-state index in [2.05, 4.69) is 29.7 Å². The fourth-order valence-electron chi connectivity index (χ4n) is 4.81. The highest BCUT2D eigenvalue weighted by Gasteiger charge is 2.35. The minimum Gasteiger partial charge on any atom is -0.494 e. The summed E-state index contributed by atoms with van der Waals surface area (Å²) in [4.78, 5) is 19.3. The number of anilines is 1. The molecule has 5 nitrogen and oxygen atoms in total. The van der Waals surface area contributed by atoms with Crippen LogP contribution in [0.3, 0.4) is 0 Å². The number of carbonyl (C=O) groups excluding carboxylic acids is 1. The number of aromatic nitrogens is 2. The van der Waals surface area contributed by atoms with Gasteiger partial charge in [0, 0.05) is 25.4 Å². The summed E-state index contributed by atoms with van der Waals surface area (Å²) in [5, 5.41) is 0. The number of nitrogens with zero attached hydrogens (tertiary/aromatic N) is 3. The lowest BCUT2D eigenvalue weighted by Crippen LogP contribution is -2.25. The fraction of sp³-hybridized carbons (Fsp3) is 0.310. The molecular weight excluding hydrogens is 441 g/mol. The van der Waals surface area contributed by atoms with Crippen molar-refractivity contribution in [1.29, 1.82) is 0 Å². The van der Waals surface area contributed by atoms with Crippen LogP contribution in [-0.2, 0) is 17.8 Å². The van der Waals surface area contributed by atoms with Gasteiger partial charge in [0.05, 0.1) is 23.3 Å². The molecular formula is C29H30FN3O2. The maximum absolute atomic E-state index is 14.4. The second kappa shape index (κ2) is 10.3. The third-order valence-corrected chi connectivity index (χ3v) is 6.69. The summed E-state index contributed by atoms with van der Waals surface area (Å²) in [5.74, 6) is 1.27. The first-order chi connectivity index (χ1) is 17.1. The zero-order chi connectivity index (χ0) is 24.2. The highest BCUT2D eigenvalue weighted by Crippen LogP contribution is 2.34. The maximum atomic E-state index is 14.4. The third-order valence-electron chi connectivity index (χ3n) is 6.69. The number of fused-ring (bicyclic) bond motifs is 1. The fourth-order valence-corrected chi connectivity index (χ4v) is 4.81. The molecule has 3 aromatic carbocycles. The molecule has 5 rings (SSSR count). The van der Waals surface area contributed by atoms with E-state index in [1.54, 1.807) is 23.1 Å². The number of para-hydroxylation sites is 3. The molecule has 0 saturated carbocycles. The summed E-state index contributed by atoms with van der Waals surface area (Å²) in [6, 6.07) is 22.8. The summed E-state index contributed by atoms with van der Waals surface area (Å²) in [6.45, 7) is 4.01. The number of hydrogen-bond donors (Lipinski definition) is 0. The molecule has 0 aliphatic carbocycles. The molecule has 1 aromatic heterocycles. The van der Waals surface area contributed by atoms with Crippen LogP contribution in [0, 0.1) is 5.82 Å². The normalized spacial score (nSPS) is 15.8. The summed E-state index contributed by atoms with van der Waals surface area (Å²) in [6.07, 6.45) is 3.19. The van der Waals surface area contributed by atoms with Crippen LogP contribution >= 0.6 is 0 Å². The summed E-state index contributed by atoms with van der Waals surface area (Å²) in [7, 11) is 0. The van der Waals surface area contributed by atoms with Crippen LogP contribution in [0.5, 0.6) is 5.75 Å². The summed E-state index contributed by atoms with van der Waals surface area (Å²) < 4.78 is 22.5. The van der Waals surface area contributed by atoms with Crippen molar-refractivity contribution in [3.05, 3.63) is 90.0 Å². The van der Waals surface area contributed by atoms with Gasteiger partial charge in [0.15, 0.2) is 0 Å². The zero-order valence-corrected chi connectivity index (χ0v) is 20.0. The summed E-state index contributed by atoms with van der Waals surface area (Å²) >= 11 is 0. The van der Waals surface area contributed by atoms with Gasteiger partial charge in [-0.3, -0.25) is 4.79 Å². The molecule has 35 heavy (non-hydrogen) atoms. The lowest BCUT2D eigenvalue weighted by atomic mass is 10.1. The van der Waals surface area contributed by atoms with Gasteiger partial charge in [-0.1, -0.05) is 43.3 Å². The Morgan fingerprint density at radius 1 is 1.00 bits per heavy atom. The molecule has 1 saturated heterocycles. The van der Waals surface area contributed by atoms with Crippen molar-refractivity contribution >= 4 is 22.6 Å². The Kier molecular flexibility index (Phi) is 6.80. The molecule has 1 aliphatic rings. The Labute approximate surface area is 205 Å². The van der Waals surface area contributed by atoms with Crippen LogP contribution in [0.25, 0.3) is 11.0 Å². The van der Waals surface area contributed by atoms with E-state index in [0.717, 1.165) is 48.4 Å². The Balaban J connectivity index is 1.28. The Hall–Kier alpha value is -3.67. The van der Waals surface area contributed by atoms with E-state index in [4.69, 9.17) is 9.72 Å². The summed E-state index contributed by atoms with van der Waals surface area (Å²) in [5.41, 5.74) is 3.63. The standard InChI is InChI=1S/C29H30FN3O2/c1-2-21-13-15-23(16-14-21)35-18-8-7-17-32-27-12-6-4-10-25(27)31-29(32)22-19-28(34)33(20-22)26-11-5-3-9-24(26)30/h3-6,9-16,22H,2,7-8,17-20H2,1H3. The highest BCUT2D eigenvalue weighted by molar-refractivity contribution is 5.96. The first-order valence-electron chi connectivity index (χ1n) is 12.4. The molecule has 1 atom stereocenters. The molecule has 180 valence electrons. The van der Waals surface area contributed by atoms with Gasteiger partial charge < -0.3 is 14.2 Å². The molecule has 4 aromatic rings. The van der Waals surface area contributed by atoms with Crippen LogP contribution < -0.4 is 9.64 Å². The zero-order valence-electron chi connectivity index (χ0n) is 20.0. The van der Waals surface area contributed by atoms with Crippen LogP contribution in [0.4, 0.5) is 10.1 Å². The van der Waals surface area contributed by atoms with Gasteiger partial charge >= 0.3 is 0 Å². The SMILES string of the molecule is CCc1ccc(OCCCCn2c(C3CC(=O)N(c4ccccc4F)C3)nc3ccccc32)cc1. The molecule has 1 amide bonds. The van der Waals surface area contributed by atoms with Crippen LogP contribution in [-0.4, -0.2) is 28.6 Å². The van der Waals surface area contributed by atoms with E-state index in [0.29, 0.717) is 25.3 Å². The number of carbonyl (C=O) groups is 1.